The second-order valence-electron chi connectivity index (χ2n) is 4.39. The van der Waals surface area contributed by atoms with Crippen molar-refractivity contribution in [1.29, 1.82) is 0 Å². The molecule has 98 valence electrons. The van der Waals surface area contributed by atoms with Crippen LogP contribution in [0.3, 0.4) is 0 Å². The Kier molecular flexibility index (Phi) is 4.89. The molecule has 1 saturated heterocycles. The van der Waals surface area contributed by atoms with Crippen LogP contribution in [-0.2, 0) is 9.59 Å². The SMILES string of the molecule is CNC(C)C(=O)N1CCN(C(C)C(=O)O)CC1. The normalized spacial score (nSPS) is 21.0. The number of hydrogen-bond acceptors (Lipinski definition) is 4. The molecule has 2 unspecified atom stereocenters. The zero-order chi connectivity index (χ0) is 13.0. The summed E-state index contributed by atoms with van der Waals surface area (Å²) in [4.78, 5) is 26.4. The maximum atomic E-state index is 11.9. The Balaban J connectivity index is 2.45. The van der Waals surface area contributed by atoms with Gasteiger partial charge < -0.3 is 15.3 Å². The Bertz CT molecular complexity index is 288. The number of likely N-dealkylation sites (N-methyl/N-ethyl adjacent to an activating group) is 1. The fourth-order valence-electron chi connectivity index (χ4n) is 1.88. The van der Waals surface area contributed by atoms with Crippen LogP contribution in [0, 0.1) is 0 Å². The quantitative estimate of drug-likeness (QED) is 0.677. The number of hydrogen-bond donors (Lipinski definition) is 2. The van der Waals surface area contributed by atoms with E-state index in [2.05, 4.69) is 5.32 Å². The summed E-state index contributed by atoms with van der Waals surface area (Å²) in [5.74, 6) is -0.733. The third kappa shape index (κ3) is 3.41. The van der Waals surface area contributed by atoms with E-state index >= 15 is 0 Å². The van der Waals surface area contributed by atoms with Crippen LogP contribution < -0.4 is 5.32 Å². The lowest BCUT2D eigenvalue weighted by Gasteiger charge is -2.37. The number of nitrogens with zero attached hydrogens (tertiary/aromatic N) is 2. The van der Waals surface area contributed by atoms with E-state index in [0.29, 0.717) is 26.2 Å². The summed E-state index contributed by atoms with van der Waals surface area (Å²) >= 11 is 0. The molecule has 0 aromatic heterocycles. The second kappa shape index (κ2) is 5.97. The highest BCUT2D eigenvalue weighted by molar-refractivity contribution is 5.81. The van der Waals surface area contributed by atoms with Gasteiger partial charge in [-0.3, -0.25) is 14.5 Å². The highest BCUT2D eigenvalue weighted by atomic mass is 16.4. The predicted molar refractivity (Wildman–Crippen MR) is 63.8 cm³/mol. The van der Waals surface area contributed by atoms with Crippen molar-refractivity contribution in [2.45, 2.75) is 25.9 Å². The summed E-state index contributed by atoms with van der Waals surface area (Å²) in [5.41, 5.74) is 0. The van der Waals surface area contributed by atoms with Gasteiger partial charge in [0.2, 0.25) is 5.91 Å². The molecule has 0 aliphatic carbocycles. The van der Waals surface area contributed by atoms with Gasteiger partial charge in [-0.15, -0.1) is 0 Å². The lowest BCUT2D eigenvalue weighted by Crippen LogP contribution is -2.55. The van der Waals surface area contributed by atoms with E-state index in [4.69, 9.17) is 5.11 Å². The highest BCUT2D eigenvalue weighted by Gasteiger charge is 2.28. The highest BCUT2D eigenvalue weighted by Crippen LogP contribution is 2.07. The van der Waals surface area contributed by atoms with Crippen LogP contribution in [0.1, 0.15) is 13.8 Å². The average Bonchev–Trinajstić information content (AvgIpc) is 2.36. The minimum Gasteiger partial charge on any atom is -0.480 e. The van der Waals surface area contributed by atoms with Crippen LogP contribution in [0.4, 0.5) is 0 Å². The molecule has 0 aromatic rings. The first-order chi connectivity index (χ1) is 7.97. The number of nitrogens with one attached hydrogen (secondary N) is 1. The van der Waals surface area contributed by atoms with E-state index in [1.807, 2.05) is 11.8 Å². The van der Waals surface area contributed by atoms with Crippen molar-refractivity contribution in [2.75, 3.05) is 33.2 Å². The molecule has 0 spiro atoms. The van der Waals surface area contributed by atoms with Gasteiger partial charge in [-0.25, -0.2) is 0 Å². The largest absolute Gasteiger partial charge is 0.480 e. The van der Waals surface area contributed by atoms with Crippen LogP contribution in [0.5, 0.6) is 0 Å². The summed E-state index contributed by atoms with van der Waals surface area (Å²) in [6.07, 6.45) is 0. The molecular weight excluding hydrogens is 222 g/mol. The summed E-state index contributed by atoms with van der Waals surface area (Å²) in [5, 5.41) is 11.8. The van der Waals surface area contributed by atoms with Crippen LogP contribution in [0.25, 0.3) is 0 Å². The first-order valence-corrected chi connectivity index (χ1v) is 5.90. The zero-order valence-electron chi connectivity index (χ0n) is 10.6. The third-order valence-corrected chi connectivity index (χ3v) is 3.33. The number of rotatable bonds is 4. The number of carbonyl (C=O) groups excluding carboxylic acids is 1. The van der Waals surface area contributed by atoms with Crippen LogP contribution in [0.15, 0.2) is 0 Å². The van der Waals surface area contributed by atoms with Gasteiger partial charge >= 0.3 is 5.97 Å². The molecule has 1 heterocycles. The molecule has 0 bridgehead atoms. The summed E-state index contributed by atoms with van der Waals surface area (Å²) < 4.78 is 0. The first kappa shape index (κ1) is 13.9. The summed E-state index contributed by atoms with van der Waals surface area (Å²) in [6, 6.07) is -0.660. The molecule has 0 saturated carbocycles. The lowest BCUT2D eigenvalue weighted by atomic mass is 10.2. The Morgan fingerprint density at radius 3 is 2.12 bits per heavy atom. The molecule has 17 heavy (non-hydrogen) atoms. The number of carboxylic acid groups (broad SMARTS) is 1. The molecule has 6 heteroatoms. The molecule has 1 aliphatic rings. The van der Waals surface area contributed by atoms with Crippen molar-refractivity contribution in [2.24, 2.45) is 0 Å². The van der Waals surface area contributed by atoms with Gasteiger partial charge in [0, 0.05) is 26.2 Å². The zero-order valence-corrected chi connectivity index (χ0v) is 10.6. The number of amides is 1. The van der Waals surface area contributed by atoms with Gasteiger partial charge in [0.25, 0.3) is 0 Å². The minimum absolute atomic E-state index is 0.0788. The molecule has 1 aliphatic heterocycles. The summed E-state index contributed by atoms with van der Waals surface area (Å²) in [7, 11) is 1.76. The molecule has 0 aromatic carbocycles. The molecule has 1 fully saturated rings. The fraction of sp³-hybridized carbons (Fsp3) is 0.818. The maximum Gasteiger partial charge on any atom is 0.320 e. The molecule has 6 nitrogen and oxygen atoms in total. The van der Waals surface area contributed by atoms with Crippen molar-refractivity contribution in [1.82, 2.24) is 15.1 Å². The van der Waals surface area contributed by atoms with Gasteiger partial charge in [-0.2, -0.15) is 0 Å². The van der Waals surface area contributed by atoms with Gasteiger partial charge in [-0.1, -0.05) is 0 Å². The Hall–Kier alpha value is -1.14. The van der Waals surface area contributed by atoms with Crippen LogP contribution >= 0.6 is 0 Å². The number of carbonyl (C=O) groups is 2. The average molecular weight is 243 g/mol. The Morgan fingerprint density at radius 1 is 1.18 bits per heavy atom. The topological polar surface area (TPSA) is 72.9 Å². The van der Waals surface area contributed by atoms with Gasteiger partial charge in [-0.05, 0) is 20.9 Å². The van der Waals surface area contributed by atoms with Gasteiger partial charge in [0.05, 0.1) is 6.04 Å². The van der Waals surface area contributed by atoms with E-state index in [1.54, 1.807) is 18.9 Å². The van der Waals surface area contributed by atoms with Gasteiger partial charge in [0.15, 0.2) is 0 Å². The molecule has 2 N–H and O–H groups in total. The van der Waals surface area contributed by atoms with E-state index < -0.39 is 12.0 Å². The standard InChI is InChI=1S/C11H21N3O3/c1-8(12-3)10(15)14-6-4-13(5-7-14)9(2)11(16)17/h8-9,12H,4-7H2,1-3H3,(H,16,17). The smallest absolute Gasteiger partial charge is 0.320 e. The van der Waals surface area contributed by atoms with E-state index in [1.165, 1.54) is 0 Å². The van der Waals surface area contributed by atoms with Crippen molar-refractivity contribution >= 4 is 11.9 Å². The molecule has 2 atom stereocenters. The number of carboxylic acids is 1. The Morgan fingerprint density at radius 2 is 1.71 bits per heavy atom. The predicted octanol–water partition coefficient (Wildman–Crippen LogP) is -0.788. The third-order valence-electron chi connectivity index (χ3n) is 3.33. The van der Waals surface area contributed by atoms with E-state index in [0.717, 1.165) is 0 Å². The van der Waals surface area contributed by atoms with Crippen molar-refractivity contribution in [3.05, 3.63) is 0 Å². The molecular formula is C11H21N3O3. The first-order valence-electron chi connectivity index (χ1n) is 5.90. The van der Waals surface area contributed by atoms with Crippen molar-refractivity contribution in [3.63, 3.8) is 0 Å². The molecule has 1 amide bonds. The van der Waals surface area contributed by atoms with E-state index in [9.17, 15) is 9.59 Å². The van der Waals surface area contributed by atoms with Crippen LogP contribution in [0.2, 0.25) is 0 Å². The summed E-state index contributed by atoms with van der Waals surface area (Å²) in [6.45, 7) is 5.95. The fourth-order valence-corrected chi connectivity index (χ4v) is 1.88. The van der Waals surface area contributed by atoms with Crippen molar-refractivity contribution in [3.8, 4) is 0 Å². The number of aliphatic carboxylic acids is 1. The maximum absolute atomic E-state index is 11.9. The Labute approximate surface area is 102 Å². The number of piperazine rings is 1. The van der Waals surface area contributed by atoms with Gasteiger partial charge in [0.1, 0.15) is 6.04 Å². The monoisotopic (exact) mass is 243 g/mol. The van der Waals surface area contributed by atoms with Crippen molar-refractivity contribution < 1.29 is 14.7 Å². The molecule has 1 rings (SSSR count). The minimum atomic E-state index is -0.812. The molecule has 0 radical (unpaired) electrons. The lowest BCUT2D eigenvalue weighted by molar-refractivity contribution is -0.144. The second-order valence-corrected chi connectivity index (χ2v) is 4.39. The van der Waals surface area contributed by atoms with Crippen LogP contribution in [-0.4, -0.2) is 72.1 Å². The van der Waals surface area contributed by atoms with E-state index in [-0.39, 0.29) is 11.9 Å².